The Morgan fingerprint density at radius 1 is 1.47 bits per heavy atom. The van der Waals surface area contributed by atoms with Gasteiger partial charge in [0.05, 0.1) is 0 Å². The summed E-state index contributed by atoms with van der Waals surface area (Å²) in [6, 6.07) is 2.10. The normalized spacial score (nSPS) is 19.6. The topological polar surface area (TPSA) is 20.2 Å². The van der Waals surface area contributed by atoms with Crippen molar-refractivity contribution in [3.05, 3.63) is 20.8 Å². The molecule has 1 fully saturated rings. The van der Waals surface area contributed by atoms with Crippen LogP contribution in [0.15, 0.2) is 15.9 Å². The number of hydrogen-bond acceptors (Lipinski definition) is 2. The van der Waals surface area contributed by atoms with Crippen molar-refractivity contribution in [2.24, 2.45) is 11.8 Å². The molecule has 0 spiro atoms. The Balaban J connectivity index is 1.98. The van der Waals surface area contributed by atoms with E-state index in [1.54, 1.807) is 11.3 Å². The lowest BCUT2D eigenvalue weighted by Gasteiger charge is -2.20. The molecule has 1 nitrogen and oxygen atoms in total. The Hall–Kier alpha value is 0.140. The van der Waals surface area contributed by atoms with Gasteiger partial charge in [-0.25, -0.2) is 0 Å². The lowest BCUT2D eigenvalue weighted by atomic mass is 9.88. The summed E-state index contributed by atoms with van der Waals surface area (Å²) in [6.45, 7) is 0.342. The van der Waals surface area contributed by atoms with Gasteiger partial charge in [-0.2, -0.15) is 0 Å². The second kappa shape index (κ2) is 5.46. The summed E-state index contributed by atoms with van der Waals surface area (Å²) < 4.78 is 1.21. The third kappa shape index (κ3) is 2.83. The molecule has 1 heterocycles. The van der Waals surface area contributed by atoms with Crippen LogP contribution in [0.25, 0.3) is 0 Å². The van der Waals surface area contributed by atoms with Crippen molar-refractivity contribution in [3.63, 3.8) is 0 Å². The zero-order valence-corrected chi connectivity index (χ0v) is 11.2. The predicted octanol–water partition coefficient (Wildman–Crippen LogP) is 3.85. The van der Waals surface area contributed by atoms with Crippen LogP contribution in [0.1, 0.15) is 30.6 Å². The third-order valence-corrected chi connectivity index (χ3v) is 5.39. The molecule has 15 heavy (non-hydrogen) atoms. The smallest absolute Gasteiger partial charge is 0.0465 e. The van der Waals surface area contributed by atoms with Crippen LogP contribution >= 0.6 is 27.3 Å². The third-order valence-electron chi connectivity index (χ3n) is 3.44. The first-order chi connectivity index (χ1) is 7.31. The van der Waals surface area contributed by atoms with E-state index in [4.69, 9.17) is 0 Å². The van der Waals surface area contributed by atoms with Gasteiger partial charge in [-0.3, -0.25) is 0 Å². The second-order valence-corrected chi connectivity index (χ2v) is 6.24. The molecule has 1 aliphatic carbocycles. The molecule has 1 atom stereocenters. The van der Waals surface area contributed by atoms with Crippen molar-refractivity contribution in [1.82, 2.24) is 0 Å². The van der Waals surface area contributed by atoms with Crippen molar-refractivity contribution in [2.45, 2.75) is 32.1 Å². The minimum Gasteiger partial charge on any atom is -0.396 e. The molecule has 0 amide bonds. The molecule has 1 N–H and O–H groups in total. The van der Waals surface area contributed by atoms with Crippen LogP contribution in [0.3, 0.4) is 0 Å². The summed E-state index contributed by atoms with van der Waals surface area (Å²) >= 11 is 5.36. The largest absolute Gasteiger partial charge is 0.396 e. The van der Waals surface area contributed by atoms with Gasteiger partial charge in [0.25, 0.3) is 0 Å². The van der Waals surface area contributed by atoms with E-state index in [9.17, 15) is 5.11 Å². The van der Waals surface area contributed by atoms with E-state index >= 15 is 0 Å². The lowest BCUT2D eigenvalue weighted by Crippen LogP contribution is -2.18. The average Bonchev–Trinajstić information content (AvgIpc) is 2.86. The molecule has 3 heteroatoms. The molecule has 1 unspecified atom stereocenters. The Labute approximate surface area is 104 Å². The Morgan fingerprint density at radius 3 is 2.73 bits per heavy atom. The second-order valence-electron chi connectivity index (χ2n) is 4.38. The van der Waals surface area contributed by atoms with Crippen LogP contribution in [0, 0.1) is 11.8 Å². The standard InChI is InChI=1S/C12H17BrOS/c13-11-5-6-15-12(11)7-10(8-14)9-3-1-2-4-9/h5-6,9-10,14H,1-4,7-8H2. The highest BCUT2D eigenvalue weighted by atomic mass is 79.9. The van der Waals surface area contributed by atoms with Gasteiger partial charge in [-0.15, -0.1) is 11.3 Å². The van der Waals surface area contributed by atoms with Crippen molar-refractivity contribution < 1.29 is 5.11 Å². The summed E-state index contributed by atoms with van der Waals surface area (Å²) in [4.78, 5) is 1.39. The highest BCUT2D eigenvalue weighted by Crippen LogP contribution is 2.35. The molecular weight excluding hydrogens is 272 g/mol. The number of hydrogen-bond donors (Lipinski definition) is 1. The van der Waals surface area contributed by atoms with Gasteiger partial charge in [0.1, 0.15) is 0 Å². The maximum atomic E-state index is 9.47. The van der Waals surface area contributed by atoms with E-state index in [1.165, 1.54) is 35.0 Å². The first kappa shape index (κ1) is 11.6. The van der Waals surface area contributed by atoms with Crippen molar-refractivity contribution >= 4 is 27.3 Å². The molecule has 0 radical (unpaired) electrons. The number of thiophene rings is 1. The van der Waals surface area contributed by atoms with E-state index in [1.807, 2.05) is 0 Å². The van der Waals surface area contributed by atoms with Gasteiger partial charge in [0.2, 0.25) is 0 Å². The molecule has 1 saturated carbocycles. The molecular formula is C12H17BrOS. The van der Waals surface area contributed by atoms with Gasteiger partial charge in [-0.05, 0) is 45.6 Å². The first-order valence-corrected chi connectivity index (χ1v) is 7.31. The molecule has 0 aromatic carbocycles. The van der Waals surface area contributed by atoms with Crippen molar-refractivity contribution in [3.8, 4) is 0 Å². The van der Waals surface area contributed by atoms with Crippen LogP contribution in [0.2, 0.25) is 0 Å². The molecule has 1 aromatic heterocycles. The Bertz CT molecular complexity index is 304. The van der Waals surface area contributed by atoms with Gasteiger partial charge in [-0.1, -0.05) is 25.7 Å². The molecule has 0 saturated heterocycles. The van der Waals surface area contributed by atoms with E-state index in [-0.39, 0.29) is 0 Å². The van der Waals surface area contributed by atoms with Gasteiger partial charge < -0.3 is 5.11 Å². The lowest BCUT2D eigenvalue weighted by molar-refractivity contribution is 0.176. The first-order valence-electron chi connectivity index (χ1n) is 5.64. The predicted molar refractivity (Wildman–Crippen MR) is 68.3 cm³/mol. The van der Waals surface area contributed by atoms with E-state index in [2.05, 4.69) is 27.4 Å². The fourth-order valence-corrected chi connectivity index (χ4v) is 4.13. The zero-order chi connectivity index (χ0) is 10.7. The van der Waals surface area contributed by atoms with Gasteiger partial charge >= 0.3 is 0 Å². The summed E-state index contributed by atoms with van der Waals surface area (Å²) in [5.74, 6) is 1.23. The zero-order valence-electron chi connectivity index (χ0n) is 8.79. The van der Waals surface area contributed by atoms with Crippen molar-refractivity contribution in [1.29, 1.82) is 0 Å². The molecule has 84 valence electrons. The molecule has 0 aliphatic heterocycles. The van der Waals surface area contributed by atoms with E-state index < -0.39 is 0 Å². The maximum Gasteiger partial charge on any atom is 0.0465 e. The maximum absolute atomic E-state index is 9.47. The molecule has 0 bridgehead atoms. The molecule has 1 aliphatic rings. The Morgan fingerprint density at radius 2 is 2.20 bits per heavy atom. The van der Waals surface area contributed by atoms with Crippen LogP contribution in [-0.2, 0) is 6.42 Å². The van der Waals surface area contributed by atoms with Crippen molar-refractivity contribution in [2.75, 3.05) is 6.61 Å². The number of rotatable bonds is 4. The van der Waals surface area contributed by atoms with E-state index in [0.717, 1.165) is 12.3 Å². The SMILES string of the molecule is OCC(Cc1sccc1Br)C1CCCC1. The summed E-state index contributed by atoms with van der Waals surface area (Å²) in [7, 11) is 0. The highest BCUT2D eigenvalue weighted by Gasteiger charge is 2.25. The van der Waals surface area contributed by atoms with Gasteiger partial charge in [0, 0.05) is 16.0 Å². The minimum absolute atomic E-state index is 0.342. The molecule has 2 rings (SSSR count). The number of aliphatic hydroxyl groups excluding tert-OH is 1. The highest BCUT2D eigenvalue weighted by molar-refractivity contribution is 9.10. The fraction of sp³-hybridized carbons (Fsp3) is 0.667. The van der Waals surface area contributed by atoms with Crippen LogP contribution in [0.4, 0.5) is 0 Å². The number of aliphatic hydroxyl groups is 1. The number of halogens is 1. The Kier molecular flexibility index (Phi) is 4.23. The molecule has 1 aromatic rings. The van der Waals surface area contributed by atoms with E-state index in [0.29, 0.717) is 12.5 Å². The summed E-state index contributed by atoms with van der Waals surface area (Å²) in [6.07, 6.45) is 6.38. The monoisotopic (exact) mass is 288 g/mol. The van der Waals surface area contributed by atoms with Crippen LogP contribution in [0.5, 0.6) is 0 Å². The fourth-order valence-electron chi connectivity index (χ4n) is 2.52. The van der Waals surface area contributed by atoms with Crippen LogP contribution in [-0.4, -0.2) is 11.7 Å². The average molecular weight is 289 g/mol. The summed E-state index contributed by atoms with van der Waals surface area (Å²) in [5.41, 5.74) is 0. The minimum atomic E-state index is 0.342. The summed E-state index contributed by atoms with van der Waals surface area (Å²) in [5, 5.41) is 11.6. The quantitative estimate of drug-likeness (QED) is 0.892. The van der Waals surface area contributed by atoms with Gasteiger partial charge in [0.15, 0.2) is 0 Å². The van der Waals surface area contributed by atoms with Crippen LogP contribution < -0.4 is 0 Å².